The van der Waals surface area contributed by atoms with Gasteiger partial charge in [-0.05, 0) is 43.8 Å². The molecule has 3 heteroatoms. The average molecular weight is 261 g/mol. The highest BCUT2D eigenvalue weighted by atomic mass is 16.5. The third kappa shape index (κ3) is 5.34. The van der Waals surface area contributed by atoms with Crippen LogP contribution in [0.4, 0.5) is 0 Å². The molecule has 19 heavy (non-hydrogen) atoms. The Morgan fingerprint density at radius 1 is 1.37 bits per heavy atom. The number of aliphatic hydroxyl groups is 1. The summed E-state index contributed by atoms with van der Waals surface area (Å²) in [6.45, 7) is 3.99. The van der Waals surface area contributed by atoms with Crippen molar-refractivity contribution in [3.05, 3.63) is 29.3 Å². The number of ether oxygens (including phenoxy) is 1. The molecule has 0 unspecified atom stereocenters. The van der Waals surface area contributed by atoms with Gasteiger partial charge in [0.15, 0.2) is 0 Å². The number of hydrogen-bond acceptors (Lipinski definition) is 3. The van der Waals surface area contributed by atoms with Crippen LogP contribution in [-0.2, 0) is 6.54 Å². The van der Waals surface area contributed by atoms with Crippen LogP contribution in [0.25, 0.3) is 0 Å². The SMILES string of the molecule is CCCCN(C)Cc1cc(OC)ccc1C#CCO. The lowest BCUT2D eigenvalue weighted by Gasteiger charge is -2.17. The highest BCUT2D eigenvalue weighted by Crippen LogP contribution is 2.18. The van der Waals surface area contributed by atoms with E-state index < -0.39 is 0 Å². The number of nitrogens with zero attached hydrogens (tertiary/aromatic N) is 1. The van der Waals surface area contributed by atoms with Gasteiger partial charge in [0.25, 0.3) is 0 Å². The first-order valence-electron chi connectivity index (χ1n) is 6.66. The number of rotatable bonds is 6. The van der Waals surface area contributed by atoms with Crippen molar-refractivity contribution in [1.82, 2.24) is 4.90 Å². The molecule has 0 fully saturated rings. The van der Waals surface area contributed by atoms with Crippen LogP contribution in [0.15, 0.2) is 18.2 Å². The van der Waals surface area contributed by atoms with E-state index in [1.807, 2.05) is 18.2 Å². The summed E-state index contributed by atoms with van der Waals surface area (Å²) in [7, 11) is 3.78. The second-order valence-corrected chi connectivity index (χ2v) is 4.57. The molecular formula is C16H23NO2. The normalized spacial score (nSPS) is 10.2. The summed E-state index contributed by atoms with van der Waals surface area (Å²) in [5, 5.41) is 8.81. The Labute approximate surface area is 116 Å². The number of methoxy groups -OCH3 is 1. The maximum Gasteiger partial charge on any atom is 0.119 e. The second-order valence-electron chi connectivity index (χ2n) is 4.57. The van der Waals surface area contributed by atoms with Crippen LogP contribution in [-0.4, -0.2) is 37.3 Å². The minimum Gasteiger partial charge on any atom is -0.497 e. The van der Waals surface area contributed by atoms with Crippen molar-refractivity contribution in [2.45, 2.75) is 26.3 Å². The molecule has 0 heterocycles. The first-order valence-corrected chi connectivity index (χ1v) is 6.66. The summed E-state index contributed by atoms with van der Waals surface area (Å²) >= 11 is 0. The smallest absolute Gasteiger partial charge is 0.119 e. The molecule has 0 aliphatic rings. The van der Waals surface area contributed by atoms with Crippen LogP contribution in [0.1, 0.15) is 30.9 Å². The lowest BCUT2D eigenvalue weighted by molar-refractivity contribution is 0.319. The Hall–Kier alpha value is -1.50. The Morgan fingerprint density at radius 3 is 2.79 bits per heavy atom. The highest BCUT2D eigenvalue weighted by Gasteiger charge is 2.06. The van der Waals surface area contributed by atoms with Crippen LogP contribution in [0.5, 0.6) is 5.75 Å². The lowest BCUT2D eigenvalue weighted by atomic mass is 10.1. The van der Waals surface area contributed by atoms with E-state index in [9.17, 15) is 0 Å². The molecule has 0 saturated carbocycles. The van der Waals surface area contributed by atoms with Crippen LogP contribution in [0.3, 0.4) is 0 Å². The molecule has 0 amide bonds. The lowest BCUT2D eigenvalue weighted by Crippen LogP contribution is -2.19. The molecule has 104 valence electrons. The summed E-state index contributed by atoms with van der Waals surface area (Å²) < 4.78 is 5.26. The van der Waals surface area contributed by atoms with Gasteiger partial charge in [0.1, 0.15) is 12.4 Å². The summed E-state index contributed by atoms with van der Waals surface area (Å²) in [5.74, 6) is 6.54. The van der Waals surface area contributed by atoms with Crippen molar-refractivity contribution in [2.75, 3.05) is 27.3 Å². The molecule has 0 spiro atoms. The van der Waals surface area contributed by atoms with Crippen LogP contribution < -0.4 is 4.74 Å². The van der Waals surface area contributed by atoms with Crippen LogP contribution in [0.2, 0.25) is 0 Å². The van der Waals surface area contributed by atoms with E-state index in [2.05, 4.69) is 30.7 Å². The second kappa shape index (κ2) is 8.58. The van der Waals surface area contributed by atoms with Crippen molar-refractivity contribution in [1.29, 1.82) is 0 Å². The van der Waals surface area contributed by atoms with Crippen LogP contribution >= 0.6 is 0 Å². The van der Waals surface area contributed by atoms with E-state index in [0.29, 0.717) is 0 Å². The summed E-state index contributed by atoms with van der Waals surface area (Å²) in [6, 6.07) is 5.87. The maximum atomic E-state index is 8.81. The van der Waals surface area contributed by atoms with Gasteiger partial charge in [-0.1, -0.05) is 25.2 Å². The molecule has 0 atom stereocenters. The molecule has 0 aromatic heterocycles. The van der Waals surface area contributed by atoms with Gasteiger partial charge in [-0.3, -0.25) is 0 Å². The van der Waals surface area contributed by atoms with Crippen LogP contribution in [0, 0.1) is 11.8 Å². The molecule has 1 aromatic carbocycles. The molecule has 1 aromatic rings. The number of unbranched alkanes of at least 4 members (excludes halogenated alkanes) is 1. The molecular weight excluding hydrogens is 238 g/mol. The minimum absolute atomic E-state index is 0.114. The first-order chi connectivity index (χ1) is 9.21. The molecule has 0 aliphatic heterocycles. The predicted octanol–water partition coefficient (Wildman–Crippen LogP) is 2.27. The monoisotopic (exact) mass is 261 g/mol. The number of hydrogen-bond donors (Lipinski definition) is 1. The van der Waals surface area contributed by atoms with E-state index in [1.165, 1.54) is 12.8 Å². The molecule has 0 radical (unpaired) electrons. The Morgan fingerprint density at radius 2 is 2.16 bits per heavy atom. The van der Waals surface area contributed by atoms with Crippen molar-refractivity contribution in [3.8, 4) is 17.6 Å². The molecule has 1 rings (SSSR count). The highest BCUT2D eigenvalue weighted by molar-refractivity contribution is 5.45. The van der Waals surface area contributed by atoms with Gasteiger partial charge in [0.2, 0.25) is 0 Å². The predicted molar refractivity (Wildman–Crippen MR) is 78.2 cm³/mol. The average Bonchev–Trinajstić information content (AvgIpc) is 2.43. The standard InChI is InChI=1S/C16H23NO2/c1-4-5-10-17(2)13-15-12-16(19-3)9-8-14(15)7-6-11-18/h8-9,12,18H,4-5,10-11,13H2,1-3H3. The third-order valence-corrected chi connectivity index (χ3v) is 2.95. The van der Waals surface area contributed by atoms with E-state index in [1.54, 1.807) is 7.11 Å². The van der Waals surface area contributed by atoms with Gasteiger partial charge in [-0.15, -0.1) is 0 Å². The van der Waals surface area contributed by atoms with E-state index in [4.69, 9.17) is 9.84 Å². The number of aliphatic hydroxyl groups excluding tert-OH is 1. The zero-order valence-corrected chi connectivity index (χ0v) is 12.1. The fourth-order valence-corrected chi connectivity index (χ4v) is 1.88. The quantitative estimate of drug-likeness (QED) is 0.797. The molecule has 0 saturated heterocycles. The summed E-state index contributed by atoms with van der Waals surface area (Å²) in [5.41, 5.74) is 2.09. The first kappa shape index (κ1) is 15.6. The molecule has 3 nitrogen and oxygen atoms in total. The van der Waals surface area contributed by atoms with Gasteiger partial charge in [-0.2, -0.15) is 0 Å². The van der Waals surface area contributed by atoms with Gasteiger partial charge in [0, 0.05) is 12.1 Å². The Bertz CT molecular complexity index is 446. The summed E-state index contributed by atoms with van der Waals surface area (Å²) in [4.78, 5) is 2.28. The van der Waals surface area contributed by atoms with Crippen molar-refractivity contribution in [2.24, 2.45) is 0 Å². The van der Waals surface area contributed by atoms with Crippen molar-refractivity contribution >= 4 is 0 Å². The van der Waals surface area contributed by atoms with E-state index in [0.717, 1.165) is 30.0 Å². The summed E-state index contributed by atoms with van der Waals surface area (Å²) in [6.07, 6.45) is 2.39. The third-order valence-electron chi connectivity index (χ3n) is 2.95. The zero-order valence-electron chi connectivity index (χ0n) is 12.1. The molecule has 0 aliphatic carbocycles. The Kier molecular flexibility index (Phi) is 7.02. The van der Waals surface area contributed by atoms with Gasteiger partial charge < -0.3 is 14.7 Å². The fraction of sp³-hybridized carbons (Fsp3) is 0.500. The van der Waals surface area contributed by atoms with Gasteiger partial charge in [-0.25, -0.2) is 0 Å². The fourth-order valence-electron chi connectivity index (χ4n) is 1.88. The molecule has 1 N–H and O–H groups in total. The topological polar surface area (TPSA) is 32.7 Å². The van der Waals surface area contributed by atoms with Gasteiger partial charge >= 0.3 is 0 Å². The largest absolute Gasteiger partial charge is 0.497 e. The number of benzene rings is 1. The van der Waals surface area contributed by atoms with Gasteiger partial charge in [0.05, 0.1) is 7.11 Å². The molecule has 0 bridgehead atoms. The maximum absolute atomic E-state index is 8.81. The zero-order chi connectivity index (χ0) is 14.1. The minimum atomic E-state index is -0.114. The van der Waals surface area contributed by atoms with Crippen molar-refractivity contribution in [3.63, 3.8) is 0 Å². The van der Waals surface area contributed by atoms with Crippen molar-refractivity contribution < 1.29 is 9.84 Å². The van der Waals surface area contributed by atoms with E-state index >= 15 is 0 Å². The van der Waals surface area contributed by atoms with E-state index in [-0.39, 0.29) is 6.61 Å². The Balaban J connectivity index is 2.87.